The van der Waals surface area contributed by atoms with Gasteiger partial charge >= 0.3 is 0 Å². The second kappa shape index (κ2) is 13.9. The number of nitrogens with one attached hydrogen (secondary N) is 1. The fourth-order valence-corrected chi connectivity index (χ4v) is 2.12. The minimum absolute atomic E-state index is 0.270. The average molecular weight is 382 g/mol. The van der Waals surface area contributed by atoms with Crippen LogP contribution in [0.3, 0.4) is 0 Å². The van der Waals surface area contributed by atoms with E-state index in [1.54, 1.807) is 12.4 Å². The number of hydrogen-bond acceptors (Lipinski definition) is 5. The van der Waals surface area contributed by atoms with Crippen LogP contribution < -0.4 is 11.2 Å². The highest BCUT2D eigenvalue weighted by Gasteiger charge is 2.02. The summed E-state index contributed by atoms with van der Waals surface area (Å²) in [5.74, 6) is 0. The van der Waals surface area contributed by atoms with Crippen LogP contribution in [0.25, 0.3) is 0 Å². The third kappa shape index (κ3) is 9.84. The Morgan fingerprint density at radius 3 is 2.57 bits per heavy atom. The normalized spacial score (nSPS) is 15.4. The number of allylic oxidation sites excluding steroid dienone is 4. The smallest absolute Gasteiger partial charge is 0.0943 e. The molecule has 0 aromatic heterocycles. The molecule has 1 unspecified atom stereocenters. The number of nitrogens with zero attached hydrogens (tertiary/aromatic N) is 3. The van der Waals surface area contributed by atoms with Crippen molar-refractivity contribution in [3.63, 3.8) is 0 Å². The third-order valence-electron chi connectivity index (χ3n) is 3.08. The second-order valence-corrected chi connectivity index (χ2v) is 5.38. The summed E-state index contributed by atoms with van der Waals surface area (Å²) in [6, 6.07) is 0.270. The summed E-state index contributed by atoms with van der Waals surface area (Å²) in [4.78, 5) is 8.90. The van der Waals surface area contributed by atoms with E-state index in [0.29, 0.717) is 5.45 Å². The van der Waals surface area contributed by atoms with Crippen molar-refractivity contribution < 1.29 is 0 Å². The molecular weight excluding hydrogens is 354 g/mol. The quantitative estimate of drug-likeness (QED) is 0.187. The standard InChI is InChI=1S/C17H28BrN5/c1-5-7-14(3)21-11-16(10-19)15(12-23-20-4)8-9-17(6-2)22-13-18/h8-12,14,23H,4-7,13,19H2,1-3H3/b9-8-,15-12+,16-10?,21-11?,22-17?. The van der Waals surface area contributed by atoms with E-state index in [4.69, 9.17) is 5.73 Å². The molecule has 0 fully saturated rings. The molecule has 0 bridgehead atoms. The van der Waals surface area contributed by atoms with E-state index in [9.17, 15) is 0 Å². The topological polar surface area (TPSA) is 75.1 Å². The fourth-order valence-electron chi connectivity index (χ4n) is 1.80. The first-order valence-electron chi connectivity index (χ1n) is 7.77. The van der Waals surface area contributed by atoms with Crippen LogP contribution in [0.5, 0.6) is 0 Å². The summed E-state index contributed by atoms with van der Waals surface area (Å²) in [7, 11) is 0. The van der Waals surface area contributed by atoms with Crippen LogP contribution >= 0.6 is 15.9 Å². The lowest BCUT2D eigenvalue weighted by molar-refractivity contribution is 0.657. The van der Waals surface area contributed by atoms with E-state index in [0.717, 1.165) is 36.1 Å². The predicted molar refractivity (Wildman–Crippen MR) is 107 cm³/mol. The molecule has 0 aromatic rings. The van der Waals surface area contributed by atoms with Crippen molar-refractivity contribution in [3.05, 3.63) is 35.7 Å². The largest absolute Gasteiger partial charge is 0.404 e. The zero-order valence-corrected chi connectivity index (χ0v) is 15.9. The van der Waals surface area contributed by atoms with E-state index in [2.05, 4.69) is 63.9 Å². The van der Waals surface area contributed by atoms with Gasteiger partial charge in [-0.25, -0.2) is 0 Å². The Balaban J connectivity index is 5.32. The van der Waals surface area contributed by atoms with Crippen molar-refractivity contribution in [1.82, 2.24) is 5.43 Å². The van der Waals surface area contributed by atoms with Gasteiger partial charge in [-0.1, -0.05) is 42.3 Å². The maximum atomic E-state index is 5.76. The molecule has 0 aliphatic carbocycles. The summed E-state index contributed by atoms with van der Waals surface area (Å²) in [6.07, 6.45) is 12.0. The van der Waals surface area contributed by atoms with E-state index in [1.165, 1.54) is 6.20 Å². The van der Waals surface area contributed by atoms with Crippen molar-refractivity contribution in [1.29, 1.82) is 0 Å². The number of hydrogen-bond donors (Lipinski definition) is 2. The first kappa shape index (κ1) is 21.3. The van der Waals surface area contributed by atoms with E-state index in [-0.39, 0.29) is 6.04 Å². The Morgan fingerprint density at radius 1 is 1.30 bits per heavy atom. The Kier molecular flexibility index (Phi) is 12.9. The number of nitrogens with two attached hydrogens (primary N) is 1. The van der Waals surface area contributed by atoms with Gasteiger partial charge in [0.1, 0.15) is 0 Å². The second-order valence-electron chi connectivity index (χ2n) is 4.88. The lowest BCUT2D eigenvalue weighted by atomic mass is 10.1. The van der Waals surface area contributed by atoms with Crippen molar-refractivity contribution in [2.24, 2.45) is 20.8 Å². The van der Waals surface area contributed by atoms with Crippen LogP contribution in [-0.4, -0.2) is 30.1 Å². The molecule has 0 saturated heterocycles. The molecule has 0 saturated carbocycles. The van der Waals surface area contributed by atoms with Gasteiger partial charge in [0.05, 0.1) is 5.45 Å². The Bertz CT molecular complexity index is 489. The van der Waals surface area contributed by atoms with Gasteiger partial charge in [-0.15, -0.1) is 0 Å². The molecule has 0 aromatic carbocycles. The summed E-state index contributed by atoms with van der Waals surface area (Å²) < 4.78 is 0. The van der Waals surface area contributed by atoms with Crippen LogP contribution in [0.1, 0.15) is 40.0 Å². The number of hydrazone groups is 1. The maximum absolute atomic E-state index is 5.76. The highest BCUT2D eigenvalue weighted by atomic mass is 79.9. The molecular formula is C17H28BrN5. The molecule has 5 nitrogen and oxygen atoms in total. The first-order chi connectivity index (χ1) is 11.1. The number of alkyl halides is 1. The fraction of sp³-hybridized carbons (Fsp3) is 0.471. The van der Waals surface area contributed by atoms with Crippen LogP contribution in [0.2, 0.25) is 0 Å². The molecule has 0 radical (unpaired) electrons. The zero-order valence-electron chi connectivity index (χ0n) is 14.3. The summed E-state index contributed by atoms with van der Waals surface area (Å²) in [5.41, 5.74) is 11.8. The van der Waals surface area contributed by atoms with E-state index >= 15 is 0 Å². The number of aliphatic imine (C=N–C) groups is 2. The number of rotatable bonds is 11. The summed E-state index contributed by atoms with van der Waals surface area (Å²) in [6.45, 7) is 9.71. The molecule has 3 N–H and O–H groups in total. The monoisotopic (exact) mass is 381 g/mol. The molecule has 1 atom stereocenters. The summed E-state index contributed by atoms with van der Waals surface area (Å²) in [5, 5.41) is 3.64. The molecule has 0 amide bonds. The van der Waals surface area contributed by atoms with Gasteiger partial charge in [0, 0.05) is 48.2 Å². The van der Waals surface area contributed by atoms with Gasteiger partial charge in [-0.05, 0) is 25.8 Å². The molecule has 0 rings (SSSR count). The zero-order chi connectivity index (χ0) is 17.5. The Hall–Kier alpha value is -1.69. The average Bonchev–Trinajstić information content (AvgIpc) is 2.55. The molecule has 0 heterocycles. The van der Waals surface area contributed by atoms with Crippen molar-refractivity contribution >= 4 is 34.6 Å². The molecule has 128 valence electrons. The van der Waals surface area contributed by atoms with Gasteiger partial charge in [0.25, 0.3) is 0 Å². The van der Waals surface area contributed by atoms with Gasteiger partial charge in [-0.3, -0.25) is 15.4 Å². The first-order valence-corrected chi connectivity index (χ1v) is 8.89. The number of halogens is 1. The van der Waals surface area contributed by atoms with Crippen LogP contribution in [0.4, 0.5) is 0 Å². The van der Waals surface area contributed by atoms with Gasteiger partial charge < -0.3 is 5.73 Å². The maximum Gasteiger partial charge on any atom is 0.0943 e. The minimum Gasteiger partial charge on any atom is -0.404 e. The van der Waals surface area contributed by atoms with Crippen molar-refractivity contribution in [2.75, 3.05) is 5.45 Å². The van der Waals surface area contributed by atoms with Crippen molar-refractivity contribution in [3.8, 4) is 0 Å². The molecule has 6 heteroatoms. The molecule has 0 spiro atoms. The summed E-state index contributed by atoms with van der Waals surface area (Å²) >= 11 is 3.31. The van der Waals surface area contributed by atoms with Gasteiger partial charge in [0.15, 0.2) is 0 Å². The SMILES string of the molecule is C=NN/C=C(\C=C/C(CC)=NCBr)C(C=NC(C)CCC)=CN. The minimum atomic E-state index is 0.270. The van der Waals surface area contributed by atoms with E-state index in [1.807, 2.05) is 12.2 Å². The molecule has 0 aliphatic heterocycles. The molecule has 23 heavy (non-hydrogen) atoms. The van der Waals surface area contributed by atoms with Crippen molar-refractivity contribution in [2.45, 2.75) is 46.1 Å². The Morgan fingerprint density at radius 2 is 2.04 bits per heavy atom. The molecule has 0 aliphatic rings. The predicted octanol–water partition coefficient (Wildman–Crippen LogP) is 3.94. The van der Waals surface area contributed by atoms with Crippen LogP contribution in [0.15, 0.2) is 50.8 Å². The van der Waals surface area contributed by atoms with Crippen LogP contribution in [0, 0.1) is 0 Å². The lowest BCUT2D eigenvalue weighted by Crippen LogP contribution is -2.03. The highest BCUT2D eigenvalue weighted by molar-refractivity contribution is 9.09. The third-order valence-corrected chi connectivity index (χ3v) is 3.33. The van der Waals surface area contributed by atoms with Crippen LogP contribution in [-0.2, 0) is 0 Å². The lowest BCUT2D eigenvalue weighted by Gasteiger charge is -2.06. The Labute approximate surface area is 148 Å². The van der Waals surface area contributed by atoms with E-state index < -0.39 is 0 Å². The highest BCUT2D eigenvalue weighted by Crippen LogP contribution is 2.10. The van der Waals surface area contributed by atoms with Gasteiger partial charge in [-0.2, -0.15) is 5.10 Å². The van der Waals surface area contributed by atoms with Gasteiger partial charge in [0.2, 0.25) is 0 Å².